The molecule has 5 heterocycles. The zero-order valence-corrected chi connectivity index (χ0v) is 34.4. The van der Waals surface area contributed by atoms with Crippen LogP contribution in [-0.2, 0) is 47.4 Å². The fourth-order valence-corrected chi connectivity index (χ4v) is 13.5. The van der Waals surface area contributed by atoms with Crippen LogP contribution in [0.4, 0.5) is 0 Å². The summed E-state index contributed by atoms with van der Waals surface area (Å²) >= 11 is 0. The van der Waals surface area contributed by atoms with Crippen molar-refractivity contribution < 1.29 is 83.2 Å². The van der Waals surface area contributed by atoms with Crippen LogP contribution in [0.3, 0.4) is 0 Å². The van der Waals surface area contributed by atoms with Gasteiger partial charge in [-0.2, -0.15) is 0 Å². The molecule has 22 atom stereocenters. The third-order valence-corrected chi connectivity index (χ3v) is 16.8. The van der Waals surface area contributed by atoms with Crippen LogP contribution in [-0.4, -0.2) is 172 Å². The van der Waals surface area contributed by atoms with Crippen molar-refractivity contribution in [2.75, 3.05) is 26.9 Å². The molecular weight excluding hydrogens is 776 g/mol. The molecule has 4 saturated carbocycles. The third-order valence-electron chi connectivity index (χ3n) is 16.8. The summed E-state index contributed by atoms with van der Waals surface area (Å²) in [5.74, 6) is 1.08. The molecule has 22 unspecified atom stereocenters. The molecular formula is C42H64O17. The van der Waals surface area contributed by atoms with E-state index in [-0.39, 0.29) is 34.1 Å². The Bertz CT molecular complexity index is 1600. The van der Waals surface area contributed by atoms with Crippen LogP contribution in [0, 0.1) is 28.6 Å². The molecule has 9 aliphatic rings. The van der Waals surface area contributed by atoms with Crippen molar-refractivity contribution in [1.82, 2.24) is 0 Å². The number of carbonyl (C=O) groups is 1. The lowest BCUT2D eigenvalue weighted by Gasteiger charge is -2.58. The molecule has 0 bridgehead atoms. The molecule has 0 radical (unpaired) electrons. The Morgan fingerprint density at radius 2 is 1.53 bits per heavy atom. The zero-order chi connectivity index (χ0) is 41.8. The fraction of sp³-hybridized carbons (Fsp3) is 0.929. The molecule has 0 aromatic rings. The van der Waals surface area contributed by atoms with E-state index in [0.29, 0.717) is 30.8 Å². The highest BCUT2D eigenvalue weighted by atomic mass is 16.8. The molecule has 4 aliphatic carbocycles. The van der Waals surface area contributed by atoms with Crippen molar-refractivity contribution in [1.29, 1.82) is 0 Å². The minimum absolute atomic E-state index is 0.00419. The van der Waals surface area contributed by atoms with Gasteiger partial charge in [0.2, 0.25) is 0 Å². The highest BCUT2D eigenvalue weighted by Gasteiger charge is 2.86. The maximum absolute atomic E-state index is 12.0. The quantitative estimate of drug-likeness (QED) is 0.0866. The summed E-state index contributed by atoms with van der Waals surface area (Å²) in [7, 11) is 1.56. The first-order chi connectivity index (χ1) is 28.1. The summed E-state index contributed by atoms with van der Waals surface area (Å²) in [5.41, 5.74) is 1.08. The first kappa shape index (κ1) is 42.9. The average Bonchev–Trinajstić information content (AvgIpc) is 3.53. The maximum atomic E-state index is 12.0. The van der Waals surface area contributed by atoms with Crippen molar-refractivity contribution in [3.63, 3.8) is 0 Å². The van der Waals surface area contributed by atoms with Gasteiger partial charge < -0.3 is 78.4 Å². The van der Waals surface area contributed by atoms with E-state index >= 15 is 0 Å². The van der Waals surface area contributed by atoms with Crippen molar-refractivity contribution >= 4 is 5.97 Å². The first-order valence-electron chi connectivity index (χ1n) is 21.8. The Balaban J connectivity index is 0.796. The number of hydrogen-bond acceptors (Lipinski definition) is 17. The van der Waals surface area contributed by atoms with Gasteiger partial charge in [-0.3, -0.25) is 0 Å². The van der Waals surface area contributed by atoms with Gasteiger partial charge in [0.15, 0.2) is 18.9 Å². The predicted molar refractivity (Wildman–Crippen MR) is 200 cm³/mol. The van der Waals surface area contributed by atoms with E-state index in [1.807, 2.05) is 6.92 Å². The topological polar surface area (TPSA) is 245 Å². The Morgan fingerprint density at radius 3 is 2.24 bits per heavy atom. The third kappa shape index (κ3) is 6.71. The van der Waals surface area contributed by atoms with Gasteiger partial charge in [-0.25, -0.2) is 4.79 Å². The number of cyclic esters (lactones) is 1. The normalized spacial score (nSPS) is 55.6. The van der Waals surface area contributed by atoms with Gasteiger partial charge in [-0.05, 0) is 93.5 Å². The number of hydrogen-bond donors (Lipinski definition) is 7. The smallest absolute Gasteiger partial charge is 0.331 e. The van der Waals surface area contributed by atoms with E-state index in [4.69, 9.17) is 42.6 Å². The maximum Gasteiger partial charge on any atom is 0.331 e. The zero-order valence-electron chi connectivity index (χ0n) is 34.4. The Kier molecular flexibility index (Phi) is 11.4. The molecule has 5 aliphatic heterocycles. The van der Waals surface area contributed by atoms with Crippen LogP contribution in [0.1, 0.15) is 85.0 Å². The lowest BCUT2D eigenvalue weighted by atomic mass is 9.44. The Hall–Kier alpha value is -1.39. The highest BCUT2D eigenvalue weighted by molar-refractivity contribution is 5.85. The van der Waals surface area contributed by atoms with Crippen LogP contribution in [0.25, 0.3) is 0 Å². The summed E-state index contributed by atoms with van der Waals surface area (Å²) < 4.78 is 54.5. The molecule has 4 saturated heterocycles. The van der Waals surface area contributed by atoms with E-state index in [9.17, 15) is 40.5 Å². The lowest BCUT2D eigenvalue weighted by Crippen LogP contribution is -2.63. The summed E-state index contributed by atoms with van der Waals surface area (Å²) in [6.07, 6.45) is -6.34. The molecule has 2 spiro atoms. The number of rotatable bonds is 10. The van der Waals surface area contributed by atoms with Crippen LogP contribution >= 0.6 is 0 Å². The van der Waals surface area contributed by atoms with Gasteiger partial charge in [0.1, 0.15) is 72.7 Å². The lowest BCUT2D eigenvalue weighted by molar-refractivity contribution is -0.355. The van der Waals surface area contributed by atoms with E-state index < -0.39 is 99.2 Å². The van der Waals surface area contributed by atoms with Gasteiger partial charge in [-0.1, -0.05) is 13.8 Å². The van der Waals surface area contributed by atoms with Gasteiger partial charge in [0, 0.05) is 25.0 Å². The molecule has 0 aromatic carbocycles. The van der Waals surface area contributed by atoms with Crippen LogP contribution < -0.4 is 0 Å². The summed E-state index contributed by atoms with van der Waals surface area (Å²) in [4.78, 5) is 12.0. The van der Waals surface area contributed by atoms with Crippen molar-refractivity contribution in [2.24, 2.45) is 28.6 Å². The van der Waals surface area contributed by atoms with Gasteiger partial charge in [-0.15, -0.1) is 0 Å². The molecule has 59 heavy (non-hydrogen) atoms. The monoisotopic (exact) mass is 840 g/mol. The summed E-state index contributed by atoms with van der Waals surface area (Å²) in [6.45, 7) is 6.01. The summed E-state index contributed by atoms with van der Waals surface area (Å²) in [5, 5.41) is 72.5. The van der Waals surface area contributed by atoms with E-state index in [0.717, 1.165) is 63.4 Å². The number of methoxy groups -OCH3 is 1. The molecule has 8 fully saturated rings. The second-order valence-corrected chi connectivity index (χ2v) is 19.4. The van der Waals surface area contributed by atoms with E-state index in [1.54, 1.807) is 13.2 Å². The van der Waals surface area contributed by atoms with Crippen molar-refractivity contribution in [2.45, 2.75) is 188 Å². The number of epoxide rings is 1. The predicted octanol–water partition coefficient (Wildman–Crippen LogP) is -0.0517. The number of esters is 1. The molecule has 17 heteroatoms. The van der Waals surface area contributed by atoms with Crippen molar-refractivity contribution in [3.05, 3.63) is 11.6 Å². The minimum Gasteiger partial charge on any atom is -0.458 e. The van der Waals surface area contributed by atoms with E-state index in [1.165, 1.54) is 0 Å². The van der Waals surface area contributed by atoms with Crippen molar-refractivity contribution in [3.8, 4) is 0 Å². The Morgan fingerprint density at radius 1 is 0.797 bits per heavy atom. The molecule has 0 amide bonds. The van der Waals surface area contributed by atoms with Crippen LogP contribution in [0.5, 0.6) is 0 Å². The second kappa shape index (κ2) is 15.7. The van der Waals surface area contributed by atoms with Gasteiger partial charge in [0.25, 0.3) is 0 Å². The average molecular weight is 841 g/mol. The number of aliphatic hydroxyl groups excluding tert-OH is 7. The molecule has 17 nitrogen and oxygen atoms in total. The Labute approximate surface area is 344 Å². The van der Waals surface area contributed by atoms with E-state index in [2.05, 4.69) is 13.8 Å². The molecule has 9 rings (SSSR count). The summed E-state index contributed by atoms with van der Waals surface area (Å²) in [6, 6.07) is 0. The van der Waals surface area contributed by atoms with Gasteiger partial charge >= 0.3 is 5.97 Å². The second-order valence-electron chi connectivity index (χ2n) is 19.4. The van der Waals surface area contributed by atoms with Gasteiger partial charge in [0.05, 0.1) is 31.5 Å². The highest BCUT2D eigenvalue weighted by Crippen LogP contribution is 2.81. The standard InChI is InChI=1S/C42H64O17/c1-19-36(58-38-35(50)33(48)31(46)26(57-38)18-53-37-34(49)32(47)30(45)25(16-43)56-37)24(51-4)15-29(54-19)55-22-6-9-39(2)21(14-22)5-11-41-27(39)8-10-40(3)23(7-12-42(40,41)59-41)20-13-28(44)52-17-20/h13,19,21-27,29-38,43,45-50H,5-12,14-18H2,1-4H3. The van der Waals surface area contributed by atoms with Crippen LogP contribution in [0.2, 0.25) is 0 Å². The number of carbonyl (C=O) groups excluding carboxylic acids is 1. The number of fused-ring (bicyclic) bond motifs is 2. The largest absolute Gasteiger partial charge is 0.458 e. The number of ether oxygens (including phenoxy) is 9. The fourth-order valence-electron chi connectivity index (χ4n) is 13.5. The minimum atomic E-state index is -1.69. The first-order valence-corrected chi connectivity index (χ1v) is 21.8. The molecule has 7 N–H and O–H groups in total. The number of aliphatic hydroxyl groups is 7. The molecule has 334 valence electrons. The van der Waals surface area contributed by atoms with Crippen LogP contribution in [0.15, 0.2) is 11.6 Å². The molecule has 0 aromatic heterocycles. The SMILES string of the molecule is COC1CC(OC2CCC3(C)C(CCC45OC46CCC(C4=CC(=O)OC4)C6(C)CCC35)C2)OC(C)C1OC1OC(COC2OC(CO)C(O)C(O)C2O)C(O)C(O)C1O.